The number of carboxylic acid groups (broad SMARTS) is 1. The van der Waals surface area contributed by atoms with E-state index in [1.807, 2.05) is 23.1 Å². The van der Waals surface area contributed by atoms with Crippen molar-refractivity contribution in [1.29, 1.82) is 0 Å². The second-order valence-corrected chi connectivity index (χ2v) is 10.9. The van der Waals surface area contributed by atoms with Crippen LogP contribution in [0.2, 0.25) is 5.02 Å². The number of carbonyl (C=O) groups excluding carboxylic acids is 1. The molecular formula is C32H29ClF3N3O3. The highest BCUT2D eigenvalue weighted by Gasteiger charge is 2.31. The van der Waals surface area contributed by atoms with Gasteiger partial charge in [0.1, 0.15) is 0 Å². The predicted molar refractivity (Wildman–Crippen MR) is 154 cm³/mol. The number of unbranched alkanes of at least 4 members (excludes halogenated alkanes) is 1. The van der Waals surface area contributed by atoms with Gasteiger partial charge in [-0.25, -0.2) is 9.97 Å². The van der Waals surface area contributed by atoms with Crippen molar-refractivity contribution >= 4 is 34.5 Å². The van der Waals surface area contributed by atoms with Crippen molar-refractivity contribution in [3.05, 3.63) is 94.1 Å². The van der Waals surface area contributed by atoms with E-state index in [0.717, 1.165) is 25.0 Å². The molecule has 4 aromatic rings. The number of fused-ring (bicyclic) bond motifs is 1. The first-order chi connectivity index (χ1) is 20.1. The number of amides is 1. The van der Waals surface area contributed by atoms with Gasteiger partial charge in [0, 0.05) is 30.6 Å². The zero-order chi connectivity index (χ0) is 29.9. The number of aliphatic carboxylic acids is 1. The molecule has 1 aromatic heterocycles. The molecule has 0 unspecified atom stereocenters. The molecule has 0 saturated carbocycles. The molecule has 5 rings (SSSR count). The quantitative estimate of drug-likeness (QED) is 0.210. The number of hydrogen-bond acceptors (Lipinski definition) is 4. The highest BCUT2D eigenvalue weighted by Crippen LogP contribution is 2.37. The number of nitrogens with zero attached hydrogens (tertiary/aromatic N) is 3. The van der Waals surface area contributed by atoms with E-state index in [1.165, 1.54) is 11.6 Å². The van der Waals surface area contributed by atoms with E-state index in [4.69, 9.17) is 26.7 Å². The number of piperidine rings is 1. The summed E-state index contributed by atoms with van der Waals surface area (Å²) in [5.41, 5.74) is 2.94. The number of aryl methyl sites for hydroxylation is 1. The van der Waals surface area contributed by atoms with E-state index in [0.29, 0.717) is 71.8 Å². The highest BCUT2D eigenvalue weighted by atomic mass is 35.5. The van der Waals surface area contributed by atoms with Gasteiger partial charge in [-0.1, -0.05) is 48.0 Å². The second kappa shape index (κ2) is 12.5. The Morgan fingerprint density at radius 3 is 2.33 bits per heavy atom. The minimum Gasteiger partial charge on any atom is -0.481 e. The monoisotopic (exact) mass is 595 g/mol. The van der Waals surface area contributed by atoms with Crippen molar-refractivity contribution in [3.63, 3.8) is 0 Å². The van der Waals surface area contributed by atoms with E-state index in [1.54, 1.807) is 18.2 Å². The van der Waals surface area contributed by atoms with Gasteiger partial charge in [0.05, 0.1) is 33.0 Å². The van der Waals surface area contributed by atoms with Gasteiger partial charge in [-0.2, -0.15) is 13.2 Å². The van der Waals surface area contributed by atoms with Gasteiger partial charge >= 0.3 is 12.1 Å². The maximum atomic E-state index is 13.4. The van der Waals surface area contributed by atoms with Gasteiger partial charge in [0.15, 0.2) is 0 Å². The lowest BCUT2D eigenvalue weighted by Crippen LogP contribution is -2.37. The normalized spacial score (nSPS) is 14.3. The molecule has 0 aliphatic carbocycles. The molecule has 1 fully saturated rings. The largest absolute Gasteiger partial charge is 0.481 e. The van der Waals surface area contributed by atoms with E-state index >= 15 is 0 Å². The first-order valence-corrected chi connectivity index (χ1v) is 14.2. The fraction of sp³-hybridized carbons (Fsp3) is 0.312. The smallest absolute Gasteiger partial charge is 0.416 e. The Kier molecular flexibility index (Phi) is 8.77. The Morgan fingerprint density at radius 1 is 0.929 bits per heavy atom. The van der Waals surface area contributed by atoms with Crippen LogP contribution in [0.1, 0.15) is 65.2 Å². The Labute approximate surface area is 246 Å². The lowest BCUT2D eigenvalue weighted by atomic mass is 9.89. The number of halogens is 4. The first-order valence-electron chi connectivity index (χ1n) is 13.8. The van der Waals surface area contributed by atoms with Gasteiger partial charge in [0.2, 0.25) is 0 Å². The number of carbonyl (C=O) groups is 2. The van der Waals surface area contributed by atoms with Crippen molar-refractivity contribution in [1.82, 2.24) is 14.9 Å². The van der Waals surface area contributed by atoms with Crippen LogP contribution in [-0.4, -0.2) is 44.9 Å². The summed E-state index contributed by atoms with van der Waals surface area (Å²) in [5.74, 6) is -0.596. The molecular weight excluding hydrogens is 567 g/mol. The van der Waals surface area contributed by atoms with E-state index in [-0.39, 0.29) is 17.4 Å². The summed E-state index contributed by atoms with van der Waals surface area (Å²) in [7, 11) is 0. The van der Waals surface area contributed by atoms with Gasteiger partial charge in [0.25, 0.3) is 5.91 Å². The molecule has 0 bridgehead atoms. The minimum absolute atomic E-state index is 0.0169. The third-order valence-electron chi connectivity index (χ3n) is 7.64. The molecule has 3 aromatic carbocycles. The zero-order valence-electron chi connectivity index (χ0n) is 22.7. The van der Waals surface area contributed by atoms with Gasteiger partial charge in [-0.15, -0.1) is 0 Å². The summed E-state index contributed by atoms with van der Waals surface area (Å²) in [6.45, 7) is 1.28. The third-order valence-corrected chi connectivity index (χ3v) is 7.95. The van der Waals surface area contributed by atoms with Crippen LogP contribution in [0.15, 0.2) is 66.7 Å². The number of carboxylic acids is 1. The topological polar surface area (TPSA) is 83.4 Å². The summed E-state index contributed by atoms with van der Waals surface area (Å²) in [5, 5.41) is 8.89. The molecule has 1 N–H and O–H groups in total. The lowest BCUT2D eigenvalue weighted by molar-refractivity contribution is -0.138. The first kappa shape index (κ1) is 29.5. The highest BCUT2D eigenvalue weighted by molar-refractivity contribution is 6.33. The number of rotatable bonds is 8. The lowest BCUT2D eigenvalue weighted by Gasteiger charge is -2.32. The number of aromatic nitrogens is 2. The van der Waals surface area contributed by atoms with Crippen LogP contribution in [0.5, 0.6) is 0 Å². The molecule has 0 atom stereocenters. The Hall–Kier alpha value is -3.98. The summed E-state index contributed by atoms with van der Waals surface area (Å²) >= 11 is 6.30. The molecule has 218 valence electrons. The van der Waals surface area contributed by atoms with Crippen molar-refractivity contribution in [2.45, 2.75) is 50.6 Å². The average molecular weight is 596 g/mol. The Morgan fingerprint density at radius 2 is 1.67 bits per heavy atom. The summed E-state index contributed by atoms with van der Waals surface area (Å²) in [6, 6.07) is 18.4. The second-order valence-electron chi connectivity index (χ2n) is 10.5. The van der Waals surface area contributed by atoms with E-state index in [9.17, 15) is 22.8 Å². The van der Waals surface area contributed by atoms with Crippen LogP contribution >= 0.6 is 11.6 Å². The molecule has 1 aliphatic rings. The molecule has 0 spiro atoms. The molecule has 10 heteroatoms. The predicted octanol–water partition coefficient (Wildman–Crippen LogP) is 7.79. The average Bonchev–Trinajstić information content (AvgIpc) is 2.98. The zero-order valence-corrected chi connectivity index (χ0v) is 23.5. The van der Waals surface area contributed by atoms with Gasteiger partial charge in [-0.05, 0) is 73.9 Å². The van der Waals surface area contributed by atoms with Crippen molar-refractivity contribution in [2.75, 3.05) is 13.1 Å². The number of benzene rings is 3. The molecule has 6 nitrogen and oxygen atoms in total. The molecule has 0 radical (unpaired) electrons. The summed E-state index contributed by atoms with van der Waals surface area (Å²) in [4.78, 5) is 35.7. The van der Waals surface area contributed by atoms with Crippen LogP contribution in [0.4, 0.5) is 13.2 Å². The number of likely N-dealkylation sites (tertiary alicyclic amines) is 1. The van der Waals surface area contributed by atoms with Crippen LogP contribution in [-0.2, 0) is 17.4 Å². The van der Waals surface area contributed by atoms with E-state index < -0.39 is 17.7 Å². The molecule has 1 amide bonds. The molecule has 1 aliphatic heterocycles. The van der Waals surface area contributed by atoms with Crippen molar-refractivity contribution in [2.24, 2.45) is 0 Å². The third kappa shape index (κ3) is 6.73. The number of hydrogen-bond donors (Lipinski definition) is 1. The van der Waals surface area contributed by atoms with Crippen molar-refractivity contribution in [3.8, 4) is 11.3 Å². The van der Waals surface area contributed by atoms with Gasteiger partial charge < -0.3 is 10.0 Å². The Bertz CT molecular complexity index is 1600. The van der Waals surface area contributed by atoms with Crippen LogP contribution < -0.4 is 0 Å². The van der Waals surface area contributed by atoms with Crippen LogP contribution in [0, 0.1) is 0 Å². The molecule has 2 heterocycles. The number of alkyl halides is 3. The maximum absolute atomic E-state index is 13.4. The fourth-order valence-corrected chi connectivity index (χ4v) is 5.66. The standard InChI is InChI=1S/C32H29ClF3N3O3/c33-25-19-23(32(34,35)36)11-12-24(25)30-27(8-4-5-9-29(40)41)37-28-18-22(10-13-26(28)38-30)31(42)39-16-14-21(15-17-39)20-6-2-1-3-7-20/h1-3,6-7,10-13,18-19,21H,4-5,8-9,14-17H2,(H,40,41). The maximum Gasteiger partial charge on any atom is 0.416 e. The van der Waals surface area contributed by atoms with Crippen LogP contribution in [0.25, 0.3) is 22.3 Å². The summed E-state index contributed by atoms with van der Waals surface area (Å²) in [6.07, 6.45) is -1.59. The molecule has 1 saturated heterocycles. The minimum atomic E-state index is -4.54. The SMILES string of the molecule is O=C(O)CCCCc1nc2cc(C(=O)N3CCC(c4ccccc4)CC3)ccc2nc1-c1ccc(C(F)(F)F)cc1Cl. The molecule has 42 heavy (non-hydrogen) atoms. The van der Waals surface area contributed by atoms with Crippen LogP contribution in [0.3, 0.4) is 0 Å². The fourth-order valence-electron chi connectivity index (χ4n) is 5.39. The van der Waals surface area contributed by atoms with E-state index in [2.05, 4.69) is 12.1 Å². The van der Waals surface area contributed by atoms with Crippen molar-refractivity contribution < 1.29 is 27.9 Å². The Balaban J connectivity index is 1.42. The summed E-state index contributed by atoms with van der Waals surface area (Å²) < 4.78 is 39.7. The van der Waals surface area contributed by atoms with Gasteiger partial charge in [-0.3, -0.25) is 9.59 Å².